The molecule has 1 aromatic carbocycles. The molecule has 0 amide bonds. The summed E-state index contributed by atoms with van der Waals surface area (Å²) in [6.45, 7) is 4.21. The Bertz CT molecular complexity index is 401. The van der Waals surface area contributed by atoms with Gasteiger partial charge >= 0.3 is 0 Å². The third-order valence-corrected chi connectivity index (χ3v) is 2.97. The van der Waals surface area contributed by atoms with Crippen molar-refractivity contribution >= 4 is 5.78 Å². The van der Waals surface area contributed by atoms with Crippen LogP contribution in [0.15, 0.2) is 18.2 Å². The van der Waals surface area contributed by atoms with Gasteiger partial charge in [0.05, 0.1) is 6.61 Å². The summed E-state index contributed by atoms with van der Waals surface area (Å²) in [5.74, 6) is 1.30. The molecule has 0 aliphatic carbocycles. The lowest BCUT2D eigenvalue weighted by molar-refractivity contribution is -0.117. The summed E-state index contributed by atoms with van der Waals surface area (Å²) < 4.78 is 5.46. The van der Waals surface area contributed by atoms with Crippen LogP contribution in [0.3, 0.4) is 0 Å². The normalized spacial score (nSPS) is 13.2. The summed E-state index contributed by atoms with van der Waals surface area (Å²) in [5.41, 5.74) is 2.60. The zero-order chi connectivity index (χ0) is 12.1. The first-order valence-corrected chi connectivity index (χ1v) is 6.20. The van der Waals surface area contributed by atoms with Crippen LogP contribution in [0.4, 0.5) is 0 Å². The van der Waals surface area contributed by atoms with Gasteiger partial charge in [-0.05, 0) is 37.1 Å². The highest BCUT2D eigenvalue weighted by Crippen LogP contribution is 2.25. The van der Waals surface area contributed by atoms with E-state index in [9.17, 15) is 4.79 Å². The fourth-order valence-electron chi connectivity index (χ4n) is 2.04. The van der Waals surface area contributed by atoms with Crippen molar-refractivity contribution in [3.05, 3.63) is 29.3 Å². The van der Waals surface area contributed by atoms with Gasteiger partial charge in [0.1, 0.15) is 11.5 Å². The molecule has 0 spiro atoms. The predicted octanol–water partition coefficient (Wildman–Crippen LogP) is 2.08. The smallest absolute Gasteiger partial charge is 0.129 e. The van der Waals surface area contributed by atoms with Crippen LogP contribution < -0.4 is 10.1 Å². The number of rotatable bonds is 6. The monoisotopic (exact) mass is 233 g/mol. The fourth-order valence-corrected chi connectivity index (χ4v) is 2.04. The van der Waals surface area contributed by atoms with Gasteiger partial charge < -0.3 is 14.8 Å². The summed E-state index contributed by atoms with van der Waals surface area (Å²) in [4.78, 5) is 10.8. The molecule has 1 aliphatic rings. The van der Waals surface area contributed by atoms with Crippen molar-refractivity contribution in [3.63, 3.8) is 0 Å². The standard InChI is InChI=1S/C14H19NO2/c1-11(16)3-2-7-15-10-12-4-5-14-13(9-12)6-8-17-14/h4-5,9,15H,2-3,6-8,10H2,1H3. The lowest BCUT2D eigenvalue weighted by Gasteiger charge is -2.06. The summed E-state index contributed by atoms with van der Waals surface area (Å²) >= 11 is 0. The molecule has 1 heterocycles. The zero-order valence-corrected chi connectivity index (χ0v) is 10.3. The van der Waals surface area contributed by atoms with Gasteiger partial charge in [0, 0.05) is 19.4 Å². The van der Waals surface area contributed by atoms with E-state index in [2.05, 4.69) is 23.5 Å². The number of Topliss-reactive ketones (excluding diaryl/α,β-unsaturated/α-hetero) is 1. The third-order valence-electron chi connectivity index (χ3n) is 2.97. The molecule has 92 valence electrons. The van der Waals surface area contributed by atoms with E-state index in [4.69, 9.17) is 4.74 Å². The molecule has 17 heavy (non-hydrogen) atoms. The second-order valence-corrected chi connectivity index (χ2v) is 4.52. The Morgan fingerprint density at radius 3 is 3.18 bits per heavy atom. The Hall–Kier alpha value is -1.35. The van der Waals surface area contributed by atoms with Crippen LogP contribution in [-0.4, -0.2) is 18.9 Å². The van der Waals surface area contributed by atoms with Crippen LogP contribution in [-0.2, 0) is 17.8 Å². The van der Waals surface area contributed by atoms with Crippen LogP contribution in [0.1, 0.15) is 30.9 Å². The Morgan fingerprint density at radius 2 is 2.35 bits per heavy atom. The van der Waals surface area contributed by atoms with Crippen LogP contribution >= 0.6 is 0 Å². The number of ketones is 1. The number of carbonyl (C=O) groups is 1. The van der Waals surface area contributed by atoms with E-state index in [1.807, 2.05) is 0 Å². The Kier molecular flexibility index (Phi) is 4.15. The van der Waals surface area contributed by atoms with Crippen molar-refractivity contribution < 1.29 is 9.53 Å². The van der Waals surface area contributed by atoms with Crippen molar-refractivity contribution in [1.82, 2.24) is 5.32 Å². The van der Waals surface area contributed by atoms with Gasteiger partial charge in [-0.25, -0.2) is 0 Å². The highest BCUT2D eigenvalue weighted by atomic mass is 16.5. The fraction of sp³-hybridized carbons (Fsp3) is 0.500. The van der Waals surface area contributed by atoms with Crippen molar-refractivity contribution in [2.75, 3.05) is 13.2 Å². The second kappa shape index (κ2) is 5.82. The molecule has 0 bridgehead atoms. The van der Waals surface area contributed by atoms with Gasteiger partial charge in [-0.2, -0.15) is 0 Å². The lowest BCUT2D eigenvalue weighted by atomic mass is 10.1. The van der Waals surface area contributed by atoms with Crippen molar-refractivity contribution in [2.24, 2.45) is 0 Å². The van der Waals surface area contributed by atoms with E-state index in [1.54, 1.807) is 6.92 Å². The number of benzene rings is 1. The SMILES string of the molecule is CC(=O)CCCNCc1ccc2c(c1)CCO2. The van der Waals surface area contributed by atoms with E-state index in [0.717, 1.165) is 38.3 Å². The minimum absolute atomic E-state index is 0.265. The van der Waals surface area contributed by atoms with Crippen LogP contribution in [0.2, 0.25) is 0 Å². The van der Waals surface area contributed by atoms with Crippen molar-refractivity contribution in [3.8, 4) is 5.75 Å². The topological polar surface area (TPSA) is 38.3 Å². The Morgan fingerprint density at radius 1 is 1.47 bits per heavy atom. The number of carbonyl (C=O) groups excluding carboxylic acids is 1. The quantitative estimate of drug-likeness (QED) is 0.764. The summed E-state index contributed by atoms with van der Waals surface area (Å²) in [6, 6.07) is 6.36. The van der Waals surface area contributed by atoms with Gasteiger partial charge in [-0.3, -0.25) is 0 Å². The first-order valence-electron chi connectivity index (χ1n) is 6.20. The lowest BCUT2D eigenvalue weighted by Crippen LogP contribution is -2.15. The number of fused-ring (bicyclic) bond motifs is 1. The van der Waals surface area contributed by atoms with Crippen molar-refractivity contribution in [2.45, 2.75) is 32.7 Å². The van der Waals surface area contributed by atoms with E-state index in [0.29, 0.717) is 6.42 Å². The summed E-state index contributed by atoms with van der Waals surface area (Å²) in [7, 11) is 0. The number of nitrogens with one attached hydrogen (secondary N) is 1. The molecule has 0 aromatic heterocycles. The third kappa shape index (κ3) is 3.56. The Labute approximate surface area is 102 Å². The maximum Gasteiger partial charge on any atom is 0.129 e. The number of hydrogen-bond acceptors (Lipinski definition) is 3. The molecular weight excluding hydrogens is 214 g/mol. The van der Waals surface area contributed by atoms with Gasteiger partial charge in [0.15, 0.2) is 0 Å². The molecule has 1 N–H and O–H groups in total. The molecule has 0 saturated carbocycles. The first-order chi connectivity index (χ1) is 8.25. The highest BCUT2D eigenvalue weighted by molar-refractivity contribution is 5.75. The average molecular weight is 233 g/mol. The predicted molar refractivity (Wildman–Crippen MR) is 67.3 cm³/mol. The molecule has 1 aliphatic heterocycles. The minimum atomic E-state index is 0.265. The van der Waals surface area contributed by atoms with E-state index in [-0.39, 0.29) is 5.78 Å². The zero-order valence-electron chi connectivity index (χ0n) is 10.3. The first kappa shape index (κ1) is 12.1. The number of hydrogen-bond donors (Lipinski definition) is 1. The molecule has 0 unspecified atom stereocenters. The van der Waals surface area contributed by atoms with Crippen LogP contribution in [0, 0.1) is 0 Å². The maximum absolute atomic E-state index is 10.8. The number of ether oxygens (including phenoxy) is 1. The van der Waals surface area contributed by atoms with Crippen LogP contribution in [0.5, 0.6) is 5.75 Å². The van der Waals surface area contributed by atoms with E-state index in [1.165, 1.54) is 11.1 Å². The van der Waals surface area contributed by atoms with Crippen molar-refractivity contribution in [1.29, 1.82) is 0 Å². The molecule has 0 atom stereocenters. The van der Waals surface area contributed by atoms with Gasteiger partial charge in [0.25, 0.3) is 0 Å². The second-order valence-electron chi connectivity index (χ2n) is 4.52. The van der Waals surface area contributed by atoms with E-state index < -0.39 is 0 Å². The van der Waals surface area contributed by atoms with Gasteiger partial charge in [-0.1, -0.05) is 12.1 Å². The molecule has 0 radical (unpaired) electrons. The van der Waals surface area contributed by atoms with Gasteiger partial charge in [0.2, 0.25) is 0 Å². The largest absolute Gasteiger partial charge is 0.493 e. The highest BCUT2D eigenvalue weighted by Gasteiger charge is 2.11. The summed E-state index contributed by atoms with van der Waals surface area (Å²) in [6.07, 6.45) is 2.61. The Balaban J connectivity index is 1.74. The molecule has 1 aromatic rings. The molecular formula is C14H19NO2. The molecule has 0 fully saturated rings. The molecule has 0 saturated heterocycles. The van der Waals surface area contributed by atoms with Gasteiger partial charge in [-0.15, -0.1) is 0 Å². The molecule has 2 rings (SSSR count). The average Bonchev–Trinajstić information content (AvgIpc) is 2.75. The maximum atomic E-state index is 10.8. The minimum Gasteiger partial charge on any atom is -0.493 e. The summed E-state index contributed by atoms with van der Waals surface area (Å²) in [5, 5.41) is 3.36. The van der Waals surface area contributed by atoms with Crippen LogP contribution in [0.25, 0.3) is 0 Å². The molecule has 3 heteroatoms. The van der Waals surface area contributed by atoms with E-state index >= 15 is 0 Å². The molecule has 3 nitrogen and oxygen atoms in total.